The fourth-order valence-corrected chi connectivity index (χ4v) is 4.81. The highest BCUT2D eigenvalue weighted by atomic mass is 35.5. The fraction of sp³-hybridized carbons (Fsp3) is 0.250. The van der Waals surface area contributed by atoms with E-state index in [1.54, 1.807) is 51.9 Å². The Hall–Kier alpha value is -3.39. The largest absolute Gasteiger partial charge is 0.484 e. The molecule has 0 radical (unpaired) electrons. The van der Waals surface area contributed by atoms with E-state index in [-0.39, 0.29) is 24.1 Å². The molecule has 1 aliphatic rings. The molecule has 1 aromatic heterocycles. The van der Waals surface area contributed by atoms with Crippen molar-refractivity contribution in [3.8, 4) is 11.4 Å². The Morgan fingerprint density at radius 3 is 2.22 bits per heavy atom. The highest BCUT2D eigenvalue weighted by molar-refractivity contribution is 6.30. The predicted octanol–water partition coefficient (Wildman–Crippen LogP) is 4.98. The third-order valence-corrected chi connectivity index (χ3v) is 7.15. The topological polar surface area (TPSA) is 67.7 Å². The third-order valence-electron chi connectivity index (χ3n) is 6.65. The minimum Gasteiger partial charge on any atom is -0.484 e. The number of piperazine rings is 1. The SMILES string of the molecule is CC(c1nc2ccccc2c(=O)n1-c1ccc(Cl)cc1)N1CCN(C(=O)COc2ccc(Cl)cc2)CC1. The van der Waals surface area contributed by atoms with E-state index >= 15 is 0 Å². The van der Waals surface area contributed by atoms with Gasteiger partial charge in [-0.05, 0) is 67.6 Å². The highest BCUT2D eigenvalue weighted by Crippen LogP contribution is 2.25. The van der Waals surface area contributed by atoms with Gasteiger partial charge in [0.1, 0.15) is 11.6 Å². The van der Waals surface area contributed by atoms with Gasteiger partial charge < -0.3 is 9.64 Å². The van der Waals surface area contributed by atoms with Crippen LogP contribution in [0.15, 0.2) is 77.6 Å². The number of hydrogen-bond acceptors (Lipinski definition) is 5. The number of nitrogens with zero attached hydrogens (tertiary/aromatic N) is 4. The lowest BCUT2D eigenvalue weighted by Crippen LogP contribution is -2.51. The number of carbonyl (C=O) groups is 1. The first-order valence-electron chi connectivity index (χ1n) is 12.1. The Morgan fingerprint density at radius 1 is 0.919 bits per heavy atom. The van der Waals surface area contributed by atoms with Gasteiger partial charge in [0, 0.05) is 36.2 Å². The molecule has 1 amide bonds. The van der Waals surface area contributed by atoms with E-state index in [2.05, 4.69) is 4.90 Å². The van der Waals surface area contributed by atoms with Crippen LogP contribution < -0.4 is 10.3 Å². The van der Waals surface area contributed by atoms with Crippen LogP contribution in [0.2, 0.25) is 10.0 Å². The van der Waals surface area contributed by atoms with Crippen LogP contribution in [0.25, 0.3) is 16.6 Å². The van der Waals surface area contributed by atoms with Gasteiger partial charge in [0.15, 0.2) is 6.61 Å². The molecule has 1 unspecified atom stereocenters. The van der Waals surface area contributed by atoms with Gasteiger partial charge in [-0.3, -0.25) is 19.1 Å². The maximum atomic E-state index is 13.6. The molecule has 0 saturated carbocycles. The molecule has 7 nitrogen and oxygen atoms in total. The van der Waals surface area contributed by atoms with E-state index in [0.717, 1.165) is 0 Å². The zero-order chi connectivity index (χ0) is 25.9. The second kappa shape index (κ2) is 10.9. The van der Waals surface area contributed by atoms with Gasteiger partial charge in [0.05, 0.1) is 22.6 Å². The lowest BCUT2D eigenvalue weighted by atomic mass is 10.1. The first-order chi connectivity index (χ1) is 17.9. The minimum absolute atomic E-state index is 0.0282. The van der Waals surface area contributed by atoms with Crippen LogP contribution in [-0.2, 0) is 4.79 Å². The number of benzene rings is 3. The number of fused-ring (bicyclic) bond motifs is 1. The lowest BCUT2D eigenvalue weighted by Gasteiger charge is -2.38. The molecule has 1 saturated heterocycles. The van der Waals surface area contributed by atoms with Crippen molar-refractivity contribution < 1.29 is 9.53 Å². The van der Waals surface area contributed by atoms with Crippen LogP contribution in [0, 0.1) is 0 Å². The van der Waals surface area contributed by atoms with Crippen molar-refractivity contribution in [3.63, 3.8) is 0 Å². The lowest BCUT2D eigenvalue weighted by molar-refractivity contribution is -0.135. The fourth-order valence-electron chi connectivity index (χ4n) is 4.56. The van der Waals surface area contributed by atoms with Crippen LogP contribution in [0.1, 0.15) is 18.8 Å². The second-order valence-corrected chi connectivity index (χ2v) is 9.81. The maximum Gasteiger partial charge on any atom is 0.266 e. The molecular formula is C28H26Cl2N4O3. The van der Waals surface area contributed by atoms with E-state index in [1.165, 1.54) is 0 Å². The third kappa shape index (κ3) is 5.49. The Kier molecular flexibility index (Phi) is 7.46. The van der Waals surface area contributed by atoms with Crippen molar-refractivity contribution in [1.29, 1.82) is 0 Å². The van der Waals surface area contributed by atoms with Crippen molar-refractivity contribution in [2.75, 3.05) is 32.8 Å². The standard InChI is InChI=1S/C28H26Cl2N4O3/c1-19(32-14-16-33(17-15-32)26(35)18-37-23-12-8-21(30)9-13-23)27-31-25-5-3-2-4-24(25)28(36)34(27)22-10-6-20(29)7-11-22/h2-13,19H,14-18H2,1H3. The normalized spacial score (nSPS) is 15.1. The average Bonchev–Trinajstić information content (AvgIpc) is 2.93. The van der Waals surface area contributed by atoms with Crippen molar-refractivity contribution in [2.45, 2.75) is 13.0 Å². The molecule has 0 spiro atoms. The summed E-state index contributed by atoms with van der Waals surface area (Å²) in [6.07, 6.45) is 0. The number of rotatable bonds is 6. The van der Waals surface area contributed by atoms with Crippen LogP contribution in [0.3, 0.4) is 0 Å². The van der Waals surface area contributed by atoms with Gasteiger partial charge in [-0.15, -0.1) is 0 Å². The zero-order valence-electron chi connectivity index (χ0n) is 20.3. The predicted molar refractivity (Wildman–Crippen MR) is 146 cm³/mol. The summed E-state index contributed by atoms with van der Waals surface area (Å²) in [6, 6.07) is 21.3. The summed E-state index contributed by atoms with van der Waals surface area (Å²) in [5.41, 5.74) is 1.25. The number of hydrogen-bond donors (Lipinski definition) is 0. The highest BCUT2D eigenvalue weighted by Gasteiger charge is 2.28. The van der Waals surface area contributed by atoms with Gasteiger partial charge in [-0.1, -0.05) is 35.3 Å². The molecule has 1 aliphatic heterocycles. The summed E-state index contributed by atoms with van der Waals surface area (Å²) in [7, 11) is 0. The molecule has 3 aromatic carbocycles. The molecule has 0 N–H and O–H groups in total. The summed E-state index contributed by atoms with van der Waals surface area (Å²) in [4.78, 5) is 35.3. The van der Waals surface area contributed by atoms with E-state index in [9.17, 15) is 9.59 Å². The first-order valence-corrected chi connectivity index (χ1v) is 12.8. The van der Waals surface area contributed by atoms with E-state index in [4.69, 9.17) is 32.9 Å². The number of amides is 1. The number of para-hydroxylation sites is 1. The minimum atomic E-state index is -0.157. The molecular weight excluding hydrogens is 511 g/mol. The van der Waals surface area contributed by atoms with Crippen LogP contribution in [0.5, 0.6) is 5.75 Å². The average molecular weight is 537 g/mol. The molecule has 2 heterocycles. The van der Waals surface area contributed by atoms with E-state index in [0.29, 0.717) is 64.4 Å². The molecule has 0 bridgehead atoms. The molecule has 9 heteroatoms. The summed E-state index contributed by atoms with van der Waals surface area (Å²) >= 11 is 12.0. The van der Waals surface area contributed by atoms with Gasteiger partial charge in [-0.25, -0.2) is 4.98 Å². The van der Waals surface area contributed by atoms with Crippen molar-refractivity contribution in [2.24, 2.45) is 0 Å². The Morgan fingerprint density at radius 2 is 1.54 bits per heavy atom. The van der Waals surface area contributed by atoms with Crippen LogP contribution in [-0.4, -0.2) is 58.0 Å². The molecule has 4 aromatic rings. The Balaban J connectivity index is 1.33. The molecule has 1 fully saturated rings. The molecule has 190 valence electrons. The number of aromatic nitrogens is 2. The number of halogens is 2. The molecule has 37 heavy (non-hydrogen) atoms. The van der Waals surface area contributed by atoms with Gasteiger partial charge >= 0.3 is 0 Å². The maximum absolute atomic E-state index is 13.6. The van der Waals surface area contributed by atoms with Crippen molar-refractivity contribution >= 4 is 40.0 Å². The zero-order valence-corrected chi connectivity index (χ0v) is 21.8. The summed E-state index contributed by atoms with van der Waals surface area (Å²) in [5.74, 6) is 1.19. The van der Waals surface area contributed by atoms with E-state index in [1.807, 2.05) is 37.3 Å². The summed E-state index contributed by atoms with van der Waals surface area (Å²) in [6.45, 7) is 4.44. The molecule has 0 aliphatic carbocycles. The molecule has 1 atom stereocenters. The second-order valence-electron chi connectivity index (χ2n) is 8.94. The Labute approximate surface area is 224 Å². The van der Waals surface area contributed by atoms with Crippen LogP contribution >= 0.6 is 23.2 Å². The van der Waals surface area contributed by atoms with Crippen LogP contribution in [0.4, 0.5) is 0 Å². The van der Waals surface area contributed by atoms with Crippen molar-refractivity contribution in [1.82, 2.24) is 19.4 Å². The van der Waals surface area contributed by atoms with Gasteiger partial charge in [0.2, 0.25) is 0 Å². The number of ether oxygens (including phenoxy) is 1. The van der Waals surface area contributed by atoms with Gasteiger partial charge in [-0.2, -0.15) is 0 Å². The quantitative estimate of drug-likeness (QED) is 0.347. The summed E-state index contributed by atoms with van der Waals surface area (Å²) < 4.78 is 7.29. The van der Waals surface area contributed by atoms with Crippen molar-refractivity contribution in [3.05, 3.63) is 99.0 Å². The smallest absolute Gasteiger partial charge is 0.266 e. The van der Waals surface area contributed by atoms with Gasteiger partial charge in [0.25, 0.3) is 11.5 Å². The van der Waals surface area contributed by atoms with E-state index < -0.39 is 0 Å². The first kappa shape index (κ1) is 25.3. The summed E-state index contributed by atoms with van der Waals surface area (Å²) in [5, 5.41) is 1.77. The molecule has 5 rings (SSSR count). The number of carbonyl (C=O) groups excluding carboxylic acids is 1. The monoisotopic (exact) mass is 536 g/mol. The Bertz CT molecular complexity index is 1460.